The first-order chi connectivity index (χ1) is 8.84. The lowest BCUT2D eigenvalue weighted by molar-refractivity contribution is 0.297. The van der Waals surface area contributed by atoms with Crippen molar-refractivity contribution in [2.75, 3.05) is 13.2 Å². The highest BCUT2D eigenvalue weighted by molar-refractivity contribution is 5.44. The fourth-order valence-corrected chi connectivity index (χ4v) is 2.98. The third-order valence-corrected chi connectivity index (χ3v) is 4.06. The van der Waals surface area contributed by atoms with Crippen molar-refractivity contribution in [3.63, 3.8) is 0 Å². The Hall–Kier alpha value is -1.22. The van der Waals surface area contributed by atoms with Gasteiger partial charge >= 0.3 is 0 Å². The molecule has 1 aliphatic heterocycles. The molecule has 1 fully saturated rings. The molecule has 0 radical (unpaired) electrons. The Morgan fingerprint density at radius 2 is 1.72 bits per heavy atom. The minimum atomic E-state index is 0.143. The molecule has 0 amide bonds. The van der Waals surface area contributed by atoms with Crippen LogP contribution in [-0.4, -0.2) is 13.2 Å². The van der Waals surface area contributed by atoms with Crippen LogP contribution in [0.4, 0.5) is 0 Å². The Kier molecular flexibility index (Phi) is 3.41. The largest absolute Gasteiger partial charge is 0.490 e. The normalized spacial score (nSPS) is 21.6. The predicted octanol–water partition coefficient (Wildman–Crippen LogP) is 3.04. The van der Waals surface area contributed by atoms with Crippen molar-refractivity contribution in [3.8, 4) is 11.5 Å². The molecule has 18 heavy (non-hydrogen) atoms. The molecule has 2 N–H and O–H groups in total. The minimum Gasteiger partial charge on any atom is -0.490 e. The molecule has 0 bridgehead atoms. The SMILES string of the molecule is NC(c1ccc2c(c1)OCCCO2)C1CCCC1. The number of rotatable bonds is 2. The number of ether oxygens (including phenoxy) is 2. The number of hydrogen-bond acceptors (Lipinski definition) is 3. The highest BCUT2D eigenvalue weighted by atomic mass is 16.5. The molecule has 2 aliphatic rings. The summed E-state index contributed by atoms with van der Waals surface area (Å²) in [4.78, 5) is 0. The van der Waals surface area contributed by atoms with Gasteiger partial charge in [0.15, 0.2) is 11.5 Å². The first kappa shape index (κ1) is 11.8. The number of benzene rings is 1. The van der Waals surface area contributed by atoms with Crippen molar-refractivity contribution in [1.82, 2.24) is 0 Å². The summed E-state index contributed by atoms with van der Waals surface area (Å²) in [5.74, 6) is 2.35. The van der Waals surface area contributed by atoms with E-state index in [2.05, 4.69) is 12.1 Å². The van der Waals surface area contributed by atoms with Gasteiger partial charge in [-0.15, -0.1) is 0 Å². The van der Waals surface area contributed by atoms with E-state index in [0.717, 1.165) is 31.1 Å². The third kappa shape index (κ3) is 2.32. The second-order valence-corrected chi connectivity index (χ2v) is 5.33. The highest BCUT2D eigenvalue weighted by Gasteiger charge is 2.24. The Balaban J connectivity index is 1.82. The topological polar surface area (TPSA) is 44.5 Å². The molecular formula is C15H21NO2. The molecule has 1 aliphatic carbocycles. The number of fused-ring (bicyclic) bond motifs is 1. The molecule has 0 saturated heterocycles. The Morgan fingerprint density at radius 3 is 2.50 bits per heavy atom. The van der Waals surface area contributed by atoms with Crippen molar-refractivity contribution in [2.24, 2.45) is 11.7 Å². The summed E-state index contributed by atoms with van der Waals surface area (Å²) in [6.07, 6.45) is 6.11. The number of nitrogens with two attached hydrogens (primary N) is 1. The van der Waals surface area contributed by atoms with Crippen molar-refractivity contribution < 1.29 is 9.47 Å². The van der Waals surface area contributed by atoms with Crippen LogP contribution in [0.25, 0.3) is 0 Å². The zero-order valence-electron chi connectivity index (χ0n) is 10.7. The molecule has 1 saturated carbocycles. The van der Waals surface area contributed by atoms with Crippen LogP contribution in [0.1, 0.15) is 43.7 Å². The zero-order chi connectivity index (χ0) is 12.4. The molecule has 1 aromatic carbocycles. The first-order valence-electron chi connectivity index (χ1n) is 7.00. The molecule has 0 spiro atoms. The van der Waals surface area contributed by atoms with Crippen LogP contribution in [0.15, 0.2) is 18.2 Å². The van der Waals surface area contributed by atoms with Gasteiger partial charge in [0.1, 0.15) is 0 Å². The highest BCUT2D eigenvalue weighted by Crippen LogP contribution is 2.37. The lowest BCUT2D eigenvalue weighted by Gasteiger charge is -2.20. The first-order valence-corrected chi connectivity index (χ1v) is 7.00. The van der Waals surface area contributed by atoms with Gasteiger partial charge in [0, 0.05) is 12.5 Å². The lowest BCUT2D eigenvalue weighted by Crippen LogP contribution is -2.19. The Labute approximate surface area is 108 Å². The quantitative estimate of drug-likeness (QED) is 0.873. The van der Waals surface area contributed by atoms with E-state index in [0.29, 0.717) is 5.92 Å². The minimum absolute atomic E-state index is 0.143. The monoisotopic (exact) mass is 247 g/mol. The van der Waals surface area contributed by atoms with Crippen molar-refractivity contribution in [3.05, 3.63) is 23.8 Å². The molecule has 98 valence electrons. The summed E-state index contributed by atoms with van der Waals surface area (Å²) < 4.78 is 11.4. The molecule has 0 aromatic heterocycles. The van der Waals surface area contributed by atoms with Gasteiger partial charge in [-0.05, 0) is 36.5 Å². The third-order valence-electron chi connectivity index (χ3n) is 4.06. The van der Waals surface area contributed by atoms with Gasteiger partial charge in [0.25, 0.3) is 0 Å². The summed E-state index contributed by atoms with van der Waals surface area (Å²) in [5, 5.41) is 0. The van der Waals surface area contributed by atoms with Crippen LogP contribution in [0, 0.1) is 5.92 Å². The van der Waals surface area contributed by atoms with Crippen molar-refractivity contribution in [2.45, 2.75) is 38.1 Å². The van der Waals surface area contributed by atoms with Crippen LogP contribution in [0.3, 0.4) is 0 Å². The lowest BCUT2D eigenvalue weighted by atomic mass is 9.92. The fraction of sp³-hybridized carbons (Fsp3) is 0.600. The van der Waals surface area contributed by atoms with Crippen LogP contribution < -0.4 is 15.2 Å². The van der Waals surface area contributed by atoms with Crippen LogP contribution in [0.2, 0.25) is 0 Å². The Bertz CT molecular complexity index is 413. The predicted molar refractivity (Wildman–Crippen MR) is 70.9 cm³/mol. The van der Waals surface area contributed by atoms with E-state index >= 15 is 0 Å². The molecule has 1 atom stereocenters. The van der Waals surface area contributed by atoms with E-state index in [4.69, 9.17) is 15.2 Å². The Morgan fingerprint density at radius 1 is 1.00 bits per heavy atom. The smallest absolute Gasteiger partial charge is 0.161 e. The van der Waals surface area contributed by atoms with E-state index < -0.39 is 0 Å². The van der Waals surface area contributed by atoms with Gasteiger partial charge in [-0.3, -0.25) is 0 Å². The van der Waals surface area contributed by atoms with Gasteiger partial charge in [0.2, 0.25) is 0 Å². The summed E-state index contributed by atoms with van der Waals surface area (Å²) in [5.41, 5.74) is 7.56. The van der Waals surface area contributed by atoms with E-state index in [1.165, 1.54) is 31.2 Å². The van der Waals surface area contributed by atoms with Gasteiger partial charge in [-0.25, -0.2) is 0 Å². The summed E-state index contributed by atoms with van der Waals surface area (Å²) >= 11 is 0. The van der Waals surface area contributed by atoms with Crippen molar-refractivity contribution >= 4 is 0 Å². The molecule has 3 heteroatoms. The van der Waals surface area contributed by atoms with Crippen LogP contribution >= 0.6 is 0 Å². The summed E-state index contributed by atoms with van der Waals surface area (Å²) in [7, 11) is 0. The van der Waals surface area contributed by atoms with Gasteiger partial charge in [0.05, 0.1) is 13.2 Å². The van der Waals surface area contributed by atoms with Gasteiger partial charge in [-0.2, -0.15) is 0 Å². The molecule has 1 unspecified atom stereocenters. The number of hydrogen-bond donors (Lipinski definition) is 1. The molecule has 3 rings (SSSR count). The maximum Gasteiger partial charge on any atom is 0.161 e. The maximum absolute atomic E-state index is 6.38. The van der Waals surface area contributed by atoms with Crippen LogP contribution in [-0.2, 0) is 0 Å². The maximum atomic E-state index is 6.38. The van der Waals surface area contributed by atoms with Crippen molar-refractivity contribution in [1.29, 1.82) is 0 Å². The van der Waals surface area contributed by atoms with E-state index in [1.54, 1.807) is 0 Å². The summed E-state index contributed by atoms with van der Waals surface area (Å²) in [6.45, 7) is 1.47. The van der Waals surface area contributed by atoms with Crippen LogP contribution in [0.5, 0.6) is 11.5 Å². The van der Waals surface area contributed by atoms with E-state index in [-0.39, 0.29) is 6.04 Å². The molecule has 1 heterocycles. The van der Waals surface area contributed by atoms with E-state index in [1.807, 2.05) is 6.07 Å². The summed E-state index contributed by atoms with van der Waals surface area (Å²) in [6, 6.07) is 6.31. The average Bonchev–Trinajstić information content (AvgIpc) is 2.83. The van der Waals surface area contributed by atoms with E-state index in [9.17, 15) is 0 Å². The van der Waals surface area contributed by atoms with Gasteiger partial charge in [-0.1, -0.05) is 18.9 Å². The zero-order valence-corrected chi connectivity index (χ0v) is 10.7. The fourth-order valence-electron chi connectivity index (χ4n) is 2.98. The van der Waals surface area contributed by atoms with Gasteiger partial charge < -0.3 is 15.2 Å². The molecular weight excluding hydrogens is 226 g/mol. The molecule has 1 aromatic rings. The second-order valence-electron chi connectivity index (χ2n) is 5.33. The molecule has 3 nitrogen and oxygen atoms in total. The standard InChI is InChI=1S/C15H21NO2/c16-15(11-4-1-2-5-11)12-6-7-13-14(10-12)18-9-3-8-17-13/h6-7,10-11,15H,1-5,8-9,16H2. The second kappa shape index (κ2) is 5.19. The average molecular weight is 247 g/mol.